The van der Waals surface area contributed by atoms with E-state index < -0.39 is 0 Å². The van der Waals surface area contributed by atoms with E-state index in [1.54, 1.807) is 21.8 Å². The van der Waals surface area contributed by atoms with Crippen LogP contribution in [-0.2, 0) is 13.1 Å². The molecule has 0 aliphatic rings. The van der Waals surface area contributed by atoms with Crippen LogP contribution in [0.15, 0.2) is 21.3 Å². The van der Waals surface area contributed by atoms with E-state index in [1.165, 1.54) is 0 Å². The van der Waals surface area contributed by atoms with Gasteiger partial charge in [-0.2, -0.15) is 10.2 Å². The Hall–Kier alpha value is -1.68. The maximum absolute atomic E-state index is 12.6. The molecule has 0 saturated heterocycles. The summed E-state index contributed by atoms with van der Waals surface area (Å²) in [5.41, 5.74) is 0.558. The largest absolute Gasteiger partial charge is 0.346 e. The summed E-state index contributed by atoms with van der Waals surface area (Å²) < 4.78 is 5.00. The number of carbonyl (C=O) groups excluding carboxylic acids is 2. The summed E-state index contributed by atoms with van der Waals surface area (Å²) in [6, 6.07) is 0. The van der Waals surface area contributed by atoms with Gasteiger partial charge in [-0.15, -0.1) is 0 Å². The normalized spacial score (nSPS) is 12.1. The summed E-state index contributed by atoms with van der Waals surface area (Å²) in [6.07, 6.45) is 9.68. The number of halogens is 2. The molecule has 0 bridgehead atoms. The molecular weight excluding hydrogens is 564 g/mol. The van der Waals surface area contributed by atoms with Gasteiger partial charge in [0, 0.05) is 24.2 Å². The average Bonchev–Trinajstić information content (AvgIpc) is 3.23. The fourth-order valence-electron chi connectivity index (χ4n) is 3.55. The minimum absolute atomic E-state index is 0.113. The molecule has 190 valence electrons. The minimum atomic E-state index is -0.297. The predicted molar refractivity (Wildman–Crippen MR) is 142 cm³/mol. The van der Waals surface area contributed by atoms with Crippen molar-refractivity contribution in [2.45, 2.75) is 104 Å². The summed E-state index contributed by atoms with van der Waals surface area (Å²) in [5, 5.41) is 14.7. The van der Waals surface area contributed by atoms with Crippen LogP contribution >= 0.6 is 31.9 Å². The van der Waals surface area contributed by atoms with E-state index in [0.717, 1.165) is 47.5 Å². The molecule has 2 N–H and O–H groups in total. The topological polar surface area (TPSA) is 93.8 Å². The Morgan fingerprint density at radius 2 is 1.03 bits per heavy atom. The van der Waals surface area contributed by atoms with Crippen molar-refractivity contribution < 1.29 is 9.59 Å². The van der Waals surface area contributed by atoms with Gasteiger partial charge in [-0.1, -0.05) is 25.7 Å². The molecule has 0 fully saturated rings. The smallest absolute Gasteiger partial charge is 0.271 e. The molecule has 2 rings (SSSR count). The predicted octanol–water partition coefficient (Wildman–Crippen LogP) is 5.70. The van der Waals surface area contributed by atoms with Crippen LogP contribution in [-0.4, -0.2) is 42.5 Å². The van der Waals surface area contributed by atoms with Crippen LogP contribution in [0.25, 0.3) is 0 Å². The van der Waals surface area contributed by atoms with Crippen molar-refractivity contribution in [3.63, 3.8) is 0 Å². The third-order valence-corrected chi connectivity index (χ3v) is 6.15. The third kappa shape index (κ3) is 9.17. The number of nitrogens with zero attached hydrogens (tertiary/aromatic N) is 4. The molecule has 0 atom stereocenters. The lowest BCUT2D eigenvalue weighted by Crippen LogP contribution is -2.41. The zero-order valence-corrected chi connectivity index (χ0v) is 24.3. The van der Waals surface area contributed by atoms with Gasteiger partial charge in [0.05, 0.1) is 21.3 Å². The van der Waals surface area contributed by atoms with E-state index in [4.69, 9.17) is 0 Å². The zero-order valence-electron chi connectivity index (χ0n) is 21.2. The van der Waals surface area contributed by atoms with Crippen LogP contribution in [0.1, 0.15) is 101 Å². The van der Waals surface area contributed by atoms with Crippen LogP contribution in [0.5, 0.6) is 0 Å². The molecule has 0 aromatic carbocycles. The van der Waals surface area contributed by atoms with Gasteiger partial charge < -0.3 is 10.6 Å². The number of aryl methyl sites for hydroxylation is 2. The molecule has 2 heterocycles. The van der Waals surface area contributed by atoms with Crippen molar-refractivity contribution in [1.82, 2.24) is 30.2 Å². The van der Waals surface area contributed by atoms with E-state index in [9.17, 15) is 9.59 Å². The van der Waals surface area contributed by atoms with Gasteiger partial charge in [-0.05, 0) is 86.2 Å². The number of hydrogen-bond acceptors (Lipinski definition) is 4. The third-order valence-electron chi connectivity index (χ3n) is 4.99. The molecule has 8 nitrogen and oxygen atoms in total. The summed E-state index contributed by atoms with van der Waals surface area (Å²) >= 11 is 6.89. The first-order chi connectivity index (χ1) is 15.8. The molecule has 2 amide bonds. The van der Waals surface area contributed by atoms with Crippen molar-refractivity contribution in [1.29, 1.82) is 0 Å². The fraction of sp³-hybridized carbons (Fsp3) is 0.667. The van der Waals surface area contributed by atoms with Crippen LogP contribution in [0.3, 0.4) is 0 Å². The van der Waals surface area contributed by atoms with Crippen molar-refractivity contribution >= 4 is 43.7 Å². The summed E-state index contributed by atoms with van der Waals surface area (Å²) in [4.78, 5) is 25.2. The maximum Gasteiger partial charge on any atom is 0.271 e. The lowest BCUT2D eigenvalue weighted by molar-refractivity contribution is 0.0897. The Labute approximate surface area is 219 Å². The number of carbonyl (C=O) groups is 2. The molecule has 34 heavy (non-hydrogen) atoms. The van der Waals surface area contributed by atoms with E-state index >= 15 is 0 Å². The minimum Gasteiger partial charge on any atom is -0.346 e. The van der Waals surface area contributed by atoms with E-state index in [-0.39, 0.29) is 22.9 Å². The lowest BCUT2D eigenvalue weighted by Gasteiger charge is -2.21. The number of hydrogen-bond donors (Lipinski definition) is 2. The monoisotopic (exact) mass is 600 g/mol. The molecule has 0 aliphatic carbocycles. The van der Waals surface area contributed by atoms with Crippen molar-refractivity contribution in [3.8, 4) is 0 Å². The van der Waals surface area contributed by atoms with E-state index in [2.05, 4.69) is 52.7 Å². The fourth-order valence-corrected chi connectivity index (χ4v) is 4.50. The van der Waals surface area contributed by atoms with Gasteiger partial charge in [-0.25, -0.2) is 0 Å². The zero-order chi connectivity index (χ0) is 25.5. The van der Waals surface area contributed by atoms with Gasteiger partial charge >= 0.3 is 0 Å². The highest BCUT2D eigenvalue weighted by Gasteiger charge is 2.22. The second kappa shape index (κ2) is 12.3. The molecule has 2 aromatic rings. The van der Waals surface area contributed by atoms with Crippen molar-refractivity contribution in [3.05, 3.63) is 32.7 Å². The van der Waals surface area contributed by atoms with Gasteiger partial charge in [0.2, 0.25) is 0 Å². The van der Waals surface area contributed by atoms with Crippen molar-refractivity contribution in [2.75, 3.05) is 0 Å². The van der Waals surface area contributed by atoms with Crippen LogP contribution in [0, 0.1) is 0 Å². The van der Waals surface area contributed by atoms with E-state index in [0.29, 0.717) is 24.5 Å². The van der Waals surface area contributed by atoms with Crippen molar-refractivity contribution in [2.24, 2.45) is 0 Å². The van der Waals surface area contributed by atoms with Gasteiger partial charge in [-0.3, -0.25) is 19.0 Å². The van der Waals surface area contributed by atoms with Gasteiger partial charge in [0.1, 0.15) is 11.4 Å². The molecule has 0 saturated carbocycles. The van der Waals surface area contributed by atoms with Gasteiger partial charge in [0.15, 0.2) is 0 Å². The first-order valence-electron chi connectivity index (χ1n) is 11.9. The molecule has 0 aliphatic heterocycles. The highest BCUT2D eigenvalue weighted by molar-refractivity contribution is 9.10. The first-order valence-corrected chi connectivity index (χ1v) is 13.4. The Morgan fingerprint density at radius 1 is 0.706 bits per heavy atom. The second-order valence-corrected chi connectivity index (χ2v) is 12.4. The van der Waals surface area contributed by atoms with E-state index in [1.807, 2.05) is 41.5 Å². The van der Waals surface area contributed by atoms with Crippen LogP contribution < -0.4 is 10.6 Å². The number of rotatable bonds is 11. The SMILES string of the molecule is CC(C)(C)NC(=O)c1c(Br)cnn1CCCCCCCCn1ncc(Br)c1C(=O)NC(C)(C)C. The maximum atomic E-state index is 12.6. The standard InChI is InChI=1S/C24H38Br2N6O2/c1-23(2,3)29-21(33)19-17(25)15-27-31(19)13-11-9-7-8-10-12-14-32-20(18(26)16-28-32)22(34)30-24(4,5)6/h15-16H,7-14H2,1-6H3,(H,29,33)(H,30,34). The summed E-state index contributed by atoms with van der Waals surface area (Å²) in [5.74, 6) is -0.227. The second-order valence-electron chi connectivity index (χ2n) is 10.7. The Kier molecular flexibility index (Phi) is 10.4. The molecule has 2 aromatic heterocycles. The number of unbranched alkanes of at least 4 members (excludes halogenated alkanes) is 5. The Morgan fingerprint density at radius 3 is 1.35 bits per heavy atom. The Bertz CT molecular complexity index is 891. The van der Waals surface area contributed by atoms with Crippen LogP contribution in [0.2, 0.25) is 0 Å². The quantitative estimate of drug-likeness (QED) is 0.323. The Balaban J connectivity index is 1.72. The number of nitrogens with one attached hydrogen (secondary N) is 2. The number of amides is 2. The summed E-state index contributed by atoms with van der Waals surface area (Å²) in [6.45, 7) is 13.2. The summed E-state index contributed by atoms with van der Waals surface area (Å²) in [7, 11) is 0. The number of aromatic nitrogens is 4. The molecule has 10 heteroatoms. The van der Waals surface area contributed by atoms with Gasteiger partial charge in [0.25, 0.3) is 11.8 Å². The molecule has 0 radical (unpaired) electrons. The van der Waals surface area contributed by atoms with Crippen LogP contribution in [0.4, 0.5) is 0 Å². The molecule has 0 unspecified atom stereocenters. The lowest BCUT2D eigenvalue weighted by atomic mass is 10.1. The molecule has 0 spiro atoms. The highest BCUT2D eigenvalue weighted by atomic mass is 79.9. The average molecular weight is 602 g/mol. The highest BCUT2D eigenvalue weighted by Crippen LogP contribution is 2.20. The molecular formula is C24H38Br2N6O2. The first kappa shape index (κ1) is 28.6.